The van der Waals surface area contributed by atoms with Crippen LogP contribution in [0.5, 0.6) is 5.75 Å². The number of ketones is 1. The highest BCUT2D eigenvalue weighted by Crippen LogP contribution is 2.32. The van der Waals surface area contributed by atoms with Crippen LogP contribution in [0.1, 0.15) is 19.8 Å². The Hall–Kier alpha value is -2.02. The van der Waals surface area contributed by atoms with Crippen molar-refractivity contribution >= 4 is 11.5 Å². The molecule has 0 saturated heterocycles. The summed E-state index contributed by atoms with van der Waals surface area (Å²) in [5, 5.41) is 10.8. The second kappa shape index (κ2) is 5.96. The highest BCUT2D eigenvalue weighted by molar-refractivity contribution is 5.90. The molecule has 0 aromatic heterocycles. The van der Waals surface area contributed by atoms with Gasteiger partial charge in [-0.25, -0.2) is 4.39 Å². The van der Waals surface area contributed by atoms with Crippen LogP contribution < -0.4 is 4.74 Å². The molecule has 0 N–H and O–H groups in total. The third-order valence-electron chi connectivity index (χ3n) is 2.95. The molecule has 0 bridgehead atoms. The van der Waals surface area contributed by atoms with Gasteiger partial charge in [0.15, 0.2) is 17.6 Å². The molecule has 0 spiro atoms. The number of nitro groups is 1. The zero-order valence-corrected chi connectivity index (χ0v) is 10.9. The first kappa shape index (κ1) is 14.4. The van der Waals surface area contributed by atoms with Crippen LogP contribution in [0.25, 0.3) is 0 Å². The first-order valence-corrected chi connectivity index (χ1v) is 6.28. The summed E-state index contributed by atoms with van der Waals surface area (Å²) in [5.41, 5.74) is -0.460. The van der Waals surface area contributed by atoms with E-state index in [2.05, 4.69) is 0 Å². The molecule has 1 aromatic carbocycles. The molecule has 0 amide bonds. The zero-order chi connectivity index (χ0) is 14.7. The molecular weight excluding hydrogens is 269 g/mol. The number of benzene rings is 1. The standard InChI is InChI=1S/C13H14FNO5/c1-2-5-19-13-10(16)7-12(13)20-11-4-3-8(14)6-9(11)15(17)18/h3-4,6,12-13H,2,5,7H2,1H3. The van der Waals surface area contributed by atoms with E-state index < -0.39 is 28.6 Å². The topological polar surface area (TPSA) is 78.7 Å². The summed E-state index contributed by atoms with van der Waals surface area (Å²) < 4.78 is 23.8. The fourth-order valence-electron chi connectivity index (χ4n) is 1.91. The van der Waals surface area contributed by atoms with Crippen molar-refractivity contribution in [3.63, 3.8) is 0 Å². The van der Waals surface area contributed by atoms with Crippen LogP contribution in [-0.2, 0) is 9.53 Å². The van der Waals surface area contributed by atoms with E-state index >= 15 is 0 Å². The average molecular weight is 283 g/mol. The van der Waals surface area contributed by atoms with E-state index in [1.165, 1.54) is 6.07 Å². The lowest BCUT2D eigenvalue weighted by Gasteiger charge is -2.34. The third-order valence-corrected chi connectivity index (χ3v) is 2.95. The van der Waals surface area contributed by atoms with Crippen molar-refractivity contribution in [3.8, 4) is 5.75 Å². The average Bonchev–Trinajstić information content (AvgIpc) is 2.40. The number of hydrogen-bond donors (Lipinski definition) is 0. The molecule has 1 aliphatic rings. The van der Waals surface area contributed by atoms with Gasteiger partial charge in [-0.1, -0.05) is 6.92 Å². The van der Waals surface area contributed by atoms with Gasteiger partial charge in [-0.2, -0.15) is 0 Å². The summed E-state index contributed by atoms with van der Waals surface area (Å²) in [6.45, 7) is 2.32. The summed E-state index contributed by atoms with van der Waals surface area (Å²) in [4.78, 5) is 21.5. The largest absolute Gasteiger partial charge is 0.480 e. The van der Waals surface area contributed by atoms with Crippen LogP contribution in [-0.4, -0.2) is 29.5 Å². The van der Waals surface area contributed by atoms with E-state index in [-0.39, 0.29) is 18.0 Å². The molecule has 2 rings (SSSR count). The minimum atomic E-state index is -0.721. The molecule has 20 heavy (non-hydrogen) atoms. The van der Waals surface area contributed by atoms with Crippen molar-refractivity contribution in [2.75, 3.05) is 6.61 Å². The normalized spacial score (nSPS) is 21.4. The Morgan fingerprint density at radius 3 is 2.85 bits per heavy atom. The number of rotatable bonds is 6. The molecule has 2 unspecified atom stereocenters. The van der Waals surface area contributed by atoms with E-state index in [0.29, 0.717) is 6.61 Å². The van der Waals surface area contributed by atoms with Crippen molar-refractivity contribution in [1.82, 2.24) is 0 Å². The van der Waals surface area contributed by atoms with Crippen molar-refractivity contribution in [2.24, 2.45) is 0 Å². The van der Waals surface area contributed by atoms with Crippen LogP contribution >= 0.6 is 0 Å². The first-order chi connectivity index (χ1) is 9.52. The Bertz CT molecular complexity index is 533. The molecule has 0 aliphatic heterocycles. The lowest BCUT2D eigenvalue weighted by molar-refractivity contribution is -0.386. The van der Waals surface area contributed by atoms with Crippen molar-refractivity contribution < 1.29 is 23.6 Å². The maximum Gasteiger partial charge on any atom is 0.313 e. The predicted octanol–water partition coefficient (Wildman–Crippen LogP) is 2.25. The molecule has 0 radical (unpaired) electrons. The summed E-state index contributed by atoms with van der Waals surface area (Å²) >= 11 is 0. The number of carbonyl (C=O) groups is 1. The molecule has 6 nitrogen and oxygen atoms in total. The predicted molar refractivity (Wildman–Crippen MR) is 67.1 cm³/mol. The Balaban J connectivity index is 2.10. The smallest absolute Gasteiger partial charge is 0.313 e. The lowest BCUT2D eigenvalue weighted by Crippen LogP contribution is -2.52. The minimum Gasteiger partial charge on any atom is -0.480 e. The Labute approximate surface area is 114 Å². The molecule has 1 aliphatic carbocycles. The van der Waals surface area contributed by atoms with Crippen molar-refractivity contribution in [2.45, 2.75) is 32.0 Å². The van der Waals surface area contributed by atoms with Crippen LogP contribution in [0.4, 0.5) is 10.1 Å². The summed E-state index contributed by atoms with van der Waals surface area (Å²) in [7, 11) is 0. The van der Waals surface area contributed by atoms with Gasteiger partial charge in [0.05, 0.1) is 11.0 Å². The SMILES string of the molecule is CCCOC1C(=O)CC1Oc1ccc(F)cc1[N+](=O)[O-]. The number of ether oxygens (including phenoxy) is 2. The summed E-state index contributed by atoms with van der Waals surface area (Å²) in [5.74, 6) is -0.861. The van der Waals surface area contributed by atoms with Crippen molar-refractivity contribution in [1.29, 1.82) is 0 Å². The Morgan fingerprint density at radius 2 is 2.25 bits per heavy atom. The molecule has 1 aromatic rings. The maximum atomic E-state index is 13.0. The molecule has 1 fully saturated rings. The van der Waals surface area contributed by atoms with E-state index in [4.69, 9.17) is 9.47 Å². The van der Waals surface area contributed by atoms with E-state index in [0.717, 1.165) is 18.6 Å². The van der Waals surface area contributed by atoms with Crippen LogP contribution in [0.3, 0.4) is 0 Å². The Morgan fingerprint density at radius 1 is 1.50 bits per heavy atom. The van der Waals surface area contributed by atoms with Gasteiger partial charge in [0.1, 0.15) is 11.9 Å². The number of nitrogens with zero attached hydrogens (tertiary/aromatic N) is 1. The molecule has 2 atom stereocenters. The number of hydrogen-bond acceptors (Lipinski definition) is 5. The molecule has 7 heteroatoms. The number of nitro benzene ring substituents is 1. The second-order valence-corrected chi connectivity index (χ2v) is 4.49. The number of halogens is 1. The van der Waals surface area contributed by atoms with Crippen molar-refractivity contribution in [3.05, 3.63) is 34.1 Å². The van der Waals surface area contributed by atoms with Gasteiger partial charge >= 0.3 is 5.69 Å². The summed E-state index contributed by atoms with van der Waals surface area (Å²) in [6.07, 6.45) is -0.353. The van der Waals surface area contributed by atoms with Gasteiger partial charge in [-0.05, 0) is 18.6 Å². The molecule has 108 valence electrons. The van der Waals surface area contributed by atoms with E-state index in [1.54, 1.807) is 0 Å². The van der Waals surface area contributed by atoms with Gasteiger partial charge in [-0.3, -0.25) is 14.9 Å². The quantitative estimate of drug-likeness (QED) is 0.591. The molecule has 1 saturated carbocycles. The van der Waals surface area contributed by atoms with Gasteiger partial charge in [-0.15, -0.1) is 0 Å². The van der Waals surface area contributed by atoms with Gasteiger partial charge in [0, 0.05) is 13.0 Å². The minimum absolute atomic E-state index is 0.0565. The maximum absolute atomic E-state index is 13.0. The summed E-state index contributed by atoms with van der Waals surface area (Å²) in [6, 6.07) is 3.05. The lowest BCUT2D eigenvalue weighted by atomic mass is 9.90. The first-order valence-electron chi connectivity index (χ1n) is 6.28. The monoisotopic (exact) mass is 283 g/mol. The fraction of sp³-hybridized carbons (Fsp3) is 0.462. The van der Waals surface area contributed by atoms with Crippen LogP contribution in [0.2, 0.25) is 0 Å². The van der Waals surface area contributed by atoms with Crippen LogP contribution in [0, 0.1) is 15.9 Å². The third kappa shape index (κ3) is 2.93. The molecular formula is C13H14FNO5. The fourth-order valence-corrected chi connectivity index (χ4v) is 1.91. The van der Waals surface area contributed by atoms with E-state index in [1.807, 2.05) is 6.92 Å². The second-order valence-electron chi connectivity index (χ2n) is 4.49. The van der Waals surface area contributed by atoms with Gasteiger partial charge < -0.3 is 9.47 Å². The molecule has 0 heterocycles. The Kier molecular flexibility index (Phi) is 4.29. The highest BCUT2D eigenvalue weighted by atomic mass is 19.1. The van der Waals surface area contributed by atoms with E-state index in [9.17, 15) is 19.3 Å². The highest BCUT2D eigenvalue weighted by Gasteiger charge is 2.43. The number of carbonyl (C=O) groups excluding carboxylic acids is 1. The van der Waals surface area contributed by atoms with Gasteiger partial charge in [0.2, 0.25) is 0 Å². The zero-order valence-electron chi connectivity index (χ0n) is 10.9. The number of Topliss-reactive ketones (excluding diaryl/α,β-unsaturated/α-hetero) is 1. The van der Waals surface area contributed by atoms with Gasteiger partial charge in [0.25, 0.3) is 0 Å². The van der Waals surface area contributed by atoms with Crippen LogP contribution in [0.15, 0.2) is 18.2 Å².